The van der Waals surface area contributed by atoms with E-state index >= 15 is 0 Å². The van der Waals surface area contributed by atoms with Gasteiger partial charge >= 0.3 is 0 Å². The molecule has 1 aromatic carbocycles. The number of benzene rings is 1. The van der Waals surface area contributed by atoms with Crippen molar-refractivity contribution in [3.05, 3.63) is 30.0 Å². The molecule has 2 aliphatic heterocycles. The maximum Gasteiger partial charge on any atom is 0.166 e. The lowest BCUT2D eigenvalue weighted by Crippen LogP contribution is -2.24. The summed E-state index contributed by atoms with van der Waals surface area (Å²) in [6.07, 6.45) is 6.73. The molecule has 3 heterocycles. The lowest BCUT2D eigenvalue weighted by molar-refractivity contribution is 0.0907. The van der Waals surface area contributed by atoms with Crippen molar-refractivity contribution in [2.45, 2.75) is 36.2 Å². The van der Waals surface area contributed by atoms with Gasteiger partial charge in [0.1, 0.15) is 0 Å². The van der Waals surface area contributed by atoms with Crippen molar-refractivity contribution in [1.82, 2.24) is 9.78 Å². The number of Topliss-reactive ketones (excluding diaryl/α,β-unsaturated/α-hetero) is 1. The highest BCUT2D eigenvalue weighted by Crippen LogP contribution is 2.46. The summed E-state index contributed by atoms with van der Waals surface area (Å²) in [4.78, 5) is 12.7. The molecule has 2 atom stereocenters. The Morgan fingerprint density at radius 1 is 1.30 bits per heavy atom. The molecule has 0 amide bonds. The largest absolute Gasteiger partial charge is 0.294 e. The fraction of sp³-hybridized carbons (Fsp3) is 0.500. The van der Waals surface area contributed by atoms with Gasteiger partial charge in [-0.15, -0.1) is 0 Å². The molecule has 104 valence electrons. The Morgan fingerprint density at radius 3 is 2.80 bits per heavy atom. The summed E-state index contributed by atoms with van der Waals surface area (Å²) in [5, 5.41) is 6.95. The predicted octanol–water partition coefficient (Wildman–Crippen LogP) is 3.43. The molecule has 0 spiro atoms. The summed E-state index contributed by atoms with van der Waals surface area (Å²) in [6, 6.07) is 5.94. The molecule has 0 N–H and O–H groups in total. The maximum absolute atomic E-state index is 12.7. The summed E-state index contributed by atoms with van der Waals surface area (Å²) < 4.78 is 1.80. The standard InChI is InChI=1S/C16H18N2OS/c1-18-9-11-3-2-10(8-15(11)17-18)16(19)12-6-13-4-5-14(7-12)20-13/h2-3,8-9,12-14H,4-7H2,1H3. The second kappa shape index (κ2) is 4.62. The van der Waals surface area contributed by atoms with Crippen LogP contribution in [0.5, 0.6) is 0 Å². The van der Waals surface area contributed by atoms with Crippen LogP contribution >= 0.6 is 11.8 Å². The zero-order chi connectivity index (χ0) is 13.7. The Morgan fingerprint density at radius 2 is 2.05 bits per heavy atom. The smallest absolute Gasteiger partial charge is 0.166 e. The van der Waals surface area contributed by atoms with E-state index in [0.717, 1.165) is 39.8 Å². The minimum absolute atomic E-state index is 0.231. The van der Waals surface area contributed by atoms with Crippen molar-refractivity contribution < 1.29 is 4.79 Å². The number of aromatic nitrogens is 2. The van der Waals surface area contributed by atoms with E-state index in [1.165, 1.54) is 12.8 Å². The number of carbonyl (C=O) groups is 1. The Labute approximate surface area is 122 Å². The Bertz CT molecular complexity index is 666. The number of hydrogen-bond acceptors (Lipinski definition) is 3. The van der Waals surface area contributed by atoms with Gasteiger partial charge in [0.2, 0.25) is 0 Å². The van der Waals surface area contributed by atoms with Crippen molar-refractivity contribution in [2.24, 2.45) is 13.0 Å². The van der Waals surface area contributed by atoms with Crippen LogP contribution in [0.3, 0.4) is 0 Å². The van der Waals surface area contributed by atoms with Crippen LogP contribution in [0.2, 0.25) is 0 Å². The molecule has 2 fully saturated rings. The topological polar surface area (TPSA) is 34.9 Å². The lowest BCUT2D eigenvalue weighted by Gasteiger charge is -2.26. The van der Waals surface area contributed by atoms with Gasteiger partial charge in [-0.2, -0.15) is 16.9 Å². The van der Waals surface area contributed by atoms with Crippen molar-refractivity contribution in [2.75, 3.05) is 0 Å². The van der Waals surface area contributed by atoms with E-state index in [1.807, 2.05) is 31.4 Å². The Balaban J connectivity index is 1.63. The minimum atomic E-state index is 0.231. The molecule has 3 nitrogen and oxygen atoms in total. The first-order valence-electron chi connectivity index (χ1n) is 7.32. The van der Waals surface area contributed by atoms with Crippen LogP contribution in [0.25, 0.3) is 10.9 Å². The monoisotopic (exact) mass is 286 g/mol. The van der Waals surface area contributed by atoms with Gasteiger partial charge in [-0.05, 0) is 31.7 Å². The Kier molecular flexibility index (Phi) is 2.88. The van der Waals surface area contributed by atoms with Crippen molar-refractivity contribution in [1.29, 1.82) is 0 Å². The van der Waals surface area contributed by atoms with E-state index in [9.17, 15) is 4.79 Å². The first-order valence-corrected chi connectivity index (χ1v) is 8.26. The molecule has 1 aromatic heterocycles. The molecular weight excluding hydrogens is 268 g/mol. The molecule has 2 aromatic rings. The average molecular weight is 286 g/mol. The third-order valence-electron chi connectivity index (χ3n) is 4.57. The van der Waals surface area contributed by atoms with Crippen LogP contribution in [0.15, 0.2) is 24.4 Å². The molecule has 0 aliphatic carbocycles. The van der Waals surface area contributed by atoms with E-state index in [1.54, 1.807) is 4.68 Å². The van der Waals surface area contributed by atoms with Gasteiger partial charge in [-0.3, -0.25) is 9.48 Å². The fourth-order valence-corrected chi connectivity index (χ4v) is 5.38. The van der Waals surface area contributed by atoms with Crippen LogP contribution < -0.4 is 0 Å². The summed E-state index contributed by atoms with van der Waals surface area (Å²) in [6.45, 7) is 0. The predicted molar refractivity (Wildman–Crippen MR) is 82.2 cm³/mol. The minimum Gasteiger partial charge on any atom is -0.294 e. The molecule has 4 heteroatoms. The first-order chi connectivity index (χ1) is 9.69. The first kappa shape index (κ1) is 12.5. The molecule has 4 rings (SSSR count). The average Bonchev–Trinajstić information content (AvgIpc) is 2.98. The van der Waals surface area contributed by atoms with E-state index < -0.39 is 0 Å². The number of nitrogens with zero attached hydrogens (tertiary/aromatic N) is 2. The number of rotatable bonds is 2. The van der Waals surface area contributed by atoms with Gasteiger partial charge in [-0.25, -0.2) is 0 Å². The number of ketones is 1. The van der Waals surface area contributed by atoms with Crippen molar-refractivity contribution in [3.63, 3.8) is 0 Å². The van der Waals surface area contributed by atoms with E-state index in [0.29, 0.717) is 5.78 Å². The second-order valence-corrected chi connectivity index (χ2v) is 7.67. The van der Waals surface area contributed by atoms with Gasteiger partial charge in [0.15, 0.2) is 5.78 Å². The zero-order valence-corrected chi connectivity index (χ0v) is 12.4. The third-order valence-corrected chi connectivity index (χ3v) is 6.19. The fourth-order valence-electron chi connectivity index (χ4n) is 3.60. The van der Waals surface area contributed by atoms with E-state index in [2.05, 4.69) is 16.9 Å². The lowest BCUT2D eigenvalue weighted by atomic mass is 9.90. The Hall–Kier alpha value is -1.29. The quantitative estimate of drug-likeness (QED) is 0.793. The van der Waals surface area contributed by atoms with Crippen LogP contribution in [0.4, 0.5) is 0 Å². The second-order valence-electron chi connectivity index (χ2n) is 6.07. The summed E-state index contributed by atoms with van der Waals surface area (Å²) in [5.41, 5.74) is 1.76. The summed E-state index contributed by atoms with van der Waals surface area (Å²) >= 11 is 2.11. The summed E-state index contributed by atoms with van der Waals surface area (Å²) in [7, 11) is 1.91. The van der Waals surface area contributed by atoms with Crippen LogP contribution in [0, 0.1) is 5.92 Å². The zero-order valence-electron chi connectivity index (χ0n) is 11.6. The van der Waals surface area contributed by atoms with Crippen molar-refractivity contribution >= 4 is 28.4 Å². The van der Waals surface area contributed by atoms with Gasteiger partial charge in [-0.1, -0.05) is 12.1 Å². The number of hydrogen-bond donors (Lipinski definition) is 0. The van der Waals surface area contributed by atoms with Crippen LogP contribution in [0.1, 0.15) is 36.0 Å². The number of aryl methyl sites for hydroxylation is 1. The van der Waals surface area contributed by atoms with E-state index in [4.69, 9.17) is 0 Å². The van der Waals surface area contributed by atoms with Crippen LogP contribution in [-0.2, 0) is 7.05 Å². The number of thioether (sulfide) groups is 1. The highest BCUT2D eigenvalue weighted by atomic mass is 32.2. The molecular formula is C16H18N2OS. The molecule has 2 aliphatic rings. The molecule has 0 saturated carbocycles. The number of fused-ring (bicyclic) bond motifs is 3. The third kappa shape index (κ3) is 2.06. The molecule has 20 heavy (non-hydrogen) atoms. The van der Waals surface area contributed by atoms with Gasteiger partial charge in [0, 0.05) is 40.6 Å². The molecule has 2 bridgehead atoms. The van der Waals surface area contributed by atoms with Gasteiger partial charge < -0.3 is 0 Å². The van der Waals surface area contributed by atoms with Gasteiger partial charge in [0.05, 0.1) is 5.52 Å². The maximum atomic E-state index is 12.7. The van der Waals surface area contributed by atoms with Crippen LogP contribution in [-0.4, -0.2) is 26.1 Å². The van der Waals surface area contributed by atoms with E-state index in [-0.39, 0.29) is 5.92 Å². The highest BCUT2D eigenvalue weighted by molar-refractivity contribution is 8.00. The SMILES string of the molecule is Cn1cc2ccc(C(=O)C3CC4CCC(C3)S4)cc2n1. The molecule has 2 unspecified atom stereocenters. The normalized spacial score (nSPS) is 28.9. The summed E-state index contributed by atoms with van der Waals surface area (Å²) in [5.74, 6) is 0.560. The van der Waals surface area contributed by atoms with Gasteiger partial charge in [0.25, 0.3) is 0 Å². The highest BCUT2D eigenvalue weighted by Gasteiger charge is 2.37. The number of carbonyl (C=O) groups excluding carboxylic acids is 1. The van der Waals surface area contributed by atoms with Crippen molar-refractivity contribution in [3.8, 4) is 0 Å². The molecule has 0 radical (unpaired) electrons. The molecule has 2 saturated heterocycles.